The molecule has 0 aliphatic rings. The minimum Gasteiger partial charge on any atom is -0.497 e. The van der Waals surface area contributed by atoms with Gasteiger partial charge in [-0.2, -0.15) is 0 Å². The summed E-state index contributed by atoms with van der Waals surface area (Å²) in [6.07, 6.45) is 1.06. The van der Waals surface area contributed by atoms with Crippen molar-refractivity contribution >= 4 is 16.8 Å². The number of ether oxygens (including phenoxy) is 2. The minimum absolute atomic E-state index is 0.106. The first-order chi connectivity index (χ1) is 14.4. The highest BCUT2D eigenvalue weighted by atomic mass is 19.1. The van der Waals surface area contributed by atoms with Crippen LogP contribution >= 0.6 is 0 Å². The number of carbonyl (C=O) groups excluding carboxylic acids is 1. The number of nitrogens with one attached hydrogen (secondary N) is 1. The van der Waals surface area contributed by atoms with Crippen LogP contribution in [0, 0.1) is 11.6 Å². The van der Waals surface area contributed by atoms with Gasteiger partial charge in [-0.1, -0.05) is 12.1 Å². The number of carbonyl (C=O) groups is 1. The first-order valence-electron chi connectivity index (χ1n) is 8.97. The van der Waals surface area contributed by atoms with E-state index in [2.05, 4.69) is 5.32 Å². The van der Waals surface area contributed by atoms with Gasteiger partial charge in [-0.3, -0.25) is 9.59 Å². The Morgan fingerprint density at radius 1 is 1.13 bits per heavy atom. The summed E-state index contributed by atoms with van der Waals surface area (Å²) in [7, 11) is 2.60. The Labute approximate surface area is 169 Å². The van der Waals surface area contributed by atoms with Crippen molar-refractivity contribution < 1.29 is 27.4 Å². The van der Waals surface area contributed by atoms with Gasteiger partial charge in [0.15, 0.2) is 17.4 Å². The summed E-state index contributed by atoms with van der Waals surface area (Å²) < 4.78 is 52.7. The molecule has 30 heavy (non-hydrogen) atoms. The molecule has 6 nitrogen and oxygen atoms in total. The lowest BCUT2D eigenvalue weighted by Crippen LogP contribution is -2.30. The zero-order valence-corrected chi connectivity index (χ0v) is 16.3. The molecule has 1 aromatic heterocycles. The number of rotatable bonds is 7. The molecule has 9 heteroatoms. The molecule has 0 saturated heterocycles. The maximum Gasteiger partial charge on any atom is 0.257 e. The fraction of sp³-hybridized carbons (Fsp3) is 0.238. The van der Waals surface area contributed by atoms with Crippen molar-refractivity contribution in [2.75, 3.05) is 20.9 Å². The van der Waals surface area contributed by atoms with Gasteiger partial charge >= 0.3 is 0 Å². The number of methoxy groups -OCH3 is 2. The molecular weight excluding hydrogens is 401 g/mol. The monoisotopic (exact) mass is 420 g/mol. The van der Waals surface area contributed by atoms with Crippen LogP contribution in [0.3, 0.4) is 0 Å². The number of fused-ring (bicyclic) bond motifs is 1. The molecule has 3 rings (SSSR count). The van der Waals surface area contributed by atoms with Crippen molar-refractivity contribution in [2.45, 2.75) is 13.1 Å². The van der Waals surface area contributed by atoms with Gasteiger partial charge in [-0.25, -0.2) is 13.2 Å². The van der Waals surface area contributed by atoms with Crippen LogP contribution in [0.25, 0.3) is 10.9 Å². The van der Waals surface area contributed by atoms with Gasteiger partial charge in [-0.15, -0.1) is 0 Å². The number of hydrogen-bond donors (Lipinski definition) is 1. The molecule has 3 aromatic rings. The summed E-state index contributed by atoms with van der Waals surface area (Å²) in [5.41, 5.74) is -0.806. The zero-order valence-electron chi connectivity index (χ0n) is 16.3. The van der Waals surface area contributed by atoms with Crippen LogP contribution in [0.15, 0.2) is 41.3 Å². The van der Waals surface area contributed by atoms with Gasteiger partial charge in [0.1, 0.15) is 18.0 Å². The summed E-state index contributed by atoms with van der Waals surface area (Å²) in [5, 5.41) is 2.20. The molecule has 0 unspecified atom stereocenters. The molecule has 0 aliphatic heterocycles. The van der Waals surface area contributed by atoms with E-state index in [4.69, 9.17) is 9.47 Å². The number of nitrogens with zero attached hydrogens (tertiary/aromatic N) is 1. The number of benzene rings is 2. The van der Waals surface area contributed by atoms with E-state index in [1.54, 1.807) is 24.3 Å². The lowest BCUT2D eigenvalue weighted by molar-refractivity contribution is 0.0949. The lowest BCUT2D eigenvalue weighted by Gasteiger charge is -2.15. The minimum atomic E-state index is -1.14. The van der Waals surface area contributed by atoms with E-state index in [1.165, 1.54) is 7.11 Å². The van der Waals surface area contributed by atoms with Crippen molar-refractivity contribution in [1.82, 2.24) is 9.88 Å². The predicted molar refractivity (Wildman–Crippen MR) is 105 cm³/mol. The largest absolute Gasteiger partial charge is 0.497 e. The fourth-order valence-corrected chi connectivity index (χ4v) is 3.11. The van der Waals surface area contributed by atoms with Crippen molar-refractivity contribution in [3.8, 4) is 11.5 Å². The van der Waals surface area contributed by atoms with Crippen molar-refractivity contribution in [2.24, 2.45) is 0 Å². The lowest BCUT2D eigenvalue weighted by atomic mass is 10.1. The summed E-state index contributed by atoms with van der Waals surface area (Å²) in [4.78, 5) is 25.4. The summed E-state index contributed by atoms with van der Waals surface area (Å²) in [6.45, 7) is -1.11. The van der Waals surface area contributed by atoms with Gasteiger partial charge in [0.05, 0.1) is 31.7 Å². The van der Waals surface area contributed by atoms with Gasteiger partial charge in [0, 0.05) is 12.7 Å². The van der Waals surface area contributed by atoms with E-state index >= 15 is 0 Å². The number of pyridine rings is 1. The van der Waals surface area contributed by atoms with Crippen LogP contribution < -0.4 is 20.2 Å². The van der Waals surface area contributed by atoms with Crippen LogP contribution in [0.2, 0.25) is 0 Å². The maximum atomic E-state index is 14.7. The van der Waals surface area contributed by atoms with Crippen molar-refractivity contribution in [3.63, 3.8) is 0 Å². The molecule has 0 radical (unpaired) electrons. The second kappa shape index (κ2) is 8.89. The fourth-order valence-electron chi connectivity index (χ4n) is 3.11. The SMILES string of the molecule is COc1ccc(CNC(=O)c2cn(CCF)c3c(F)c(OC)c(F)cc3c2=O)cc1. The quantitative estimate of drug-likeness (QED) is 0.638. The van der Waals surface area contributed by atoms with Crippen LogP contribution in [0.4, 0.5) is 13.2 Å². The van der Waals surface area contributed by atoms with Crippen LogP contribution in [-0.4, -0.2) is 31.4 Å². The highest BCUT2D eigenvalue weighted by Crippen LogP contribution is 2.28. The smallest absolute Gasteiger partial charge is 0.257 e. The van der Waals surface area contributed by atoms with Crippen LogP contribution in [0.1, 0.15) is 15.9 Å². The van der Waals surface area contributed by atoms with Gasteiger partial charge < -0.3 is 19.4 Å². The van der Waals surface area contributed by atoms with Gasteiger partial charge in [0.2, 0.25) is 5.43 Å². The van der Waals surface area contributed by atoms with E-state index in [0.717, 1.165) is 29.5 Å². The maximum absolute atomic E-state index is 14.7. The molecule has 0 atom stereocenters. The zero-order chi connectivity index (χ0) is 21.8. The molecule has 0 saturated carbocycles. The van der Waals surface area contributed by atoms with Gasteiger partial charge in [0.25, 0.3) is 5.91 Å². The molecule has 1 heterocycles. The first-order valence-corrected chi connectivity index (χ1v) is 8.97. The number of alkyl halides is 1. The number of hydrogen-bond acceptors (Lipinski definition) is 4. The Hall–Kier alpha value is -3.49. The second-order valence-corrected chi connectivity index (χ2v) is 6.39. The average molecular weight is 420 g/mol. The Morgan fingerprint density at radius 3 is 2.43 bits per heavy atom. The molecule has 0 fully saturated rings. The highest BCUT2D eigenvalue weighted by molar-refractivity contribution is 5.97. The standard InChI is InChI=1S/C21H19F3N2O4/c1-29-13-5-3-12(4-6-13)10-25-21(28)15-11-26(8-7-22)18-14(19(15)27)9-16(23)20(30-2)17(18)24/h3-6,9,11H,7-8,10H2,1-2H3,(H,25,28). The van der Waals surface area contributed by atoms with Crippen LogP contribution in [-0.2, 0) is 13.1 Å². The molecule has 0 bridgehead atoms. The summed E-state index contributed by atoms with van der Waals surface area (Å²) in [5.74, 6) is -3.02. The third-order valence-electron chi connectivity index (χ3n) is 4.60. The number of amides is 1. The third-order valence-corrected chi connectivity index (χ3v) is 4.60. The van der Waals surface area contributed by atoms with E-state index in [-0.39, 0.29) is 29.6 Å². The molecule has 1 N–H and O–H groups in total. The van der Waals surface area contributed by atoms with Crippen LogP contribution in [0.5, 0.6) is 11.5 Å². The number of halogens is 3. The number of aromatic nitrogens is 1. The van der Waals surface area contributed by atoms with E-state index in [1.807, 2.05) is 0 Å². The second-order valence-electron chi connectivity index (χ2n) is 6.39. The normalized spacial score (nSPS) is 10.8. The Kier molecular flexibility index (Phi) is 6.29. The molecular formula is C21H19F3N2O4. The van der Waals surface area contributed by atoms with E-state index < -0.39 is 35.4 Å². The Balaban J connectivity index is 2.01. The first kappa shape index (κ1) is 21.2. The number of aryl methyl sites for hydroxylation is 1. The summed E-state index contributed by atoms with van der Waals surface area (Å²) in [6, 6.07) is 7.68. The summed E-state index contributed by atoms with van der Waals surface area (Å²) >= 11 is 0. The third kappa shape index (κ3) is 3.96. The Morgan fingerprint density at radius 2 is 1.83 bits per heavy atom. The molecule has 2 aromatic carbocycles. The molecule has 1 amide bonds. The van der Waals surface area contributed by atoms with Crippen molar-refractivity contribution in [1.29, 1.82) is 0 Å². The average Bonchev–Trinajstić information content (AvgIpc) is 2.74. The Bertz CT molecular complexity index is 1140. The van der Waals surface area contributed by atoms with Crippen molar-refractivity contribution in [3.05, 3.63) is 69.5 Å². The van der Waals surface area contributed by atoms with E-state index in [0.29, 0.717) is 5.75 Å². The predicted octanol–water partition coefficient (Wildman–Crippen LogP) is 3.20. The molecule has 0 spiro atoms. The molecule has 0 aliphatic carbocycles. The highest BCUT2D eigenvalue weighted by Gasteiger charge is 2.22. The van der Waals surface area contributed by atoms with Gasteiger partial charge in [-0.05, 0) is 23.8 Å². The topological polar surface area (TPSA) is 69.6 Å². The molecule has 158 valence electrons. The van der Waals surface area contributed by atoms with E-state index in [9.17, 15) is 22.8 Å².